The van der Waals surface area contributed by atoms with Gasteiger partial charge in [-0.25, -0.2) is 0 Å². The SMILES string of the molecule is CCNc1c(O)cccc1O. The molecule has 11 heavy (non-hydrogen) atoms. The third kappa shape index (κ3) is 1.55. The first kappa shape index (κ1) is 7.72. The van der Waals surface area contributed by atoms with Crippen molar-refractivity contribution < 1.29 is 10.2 Å². The molecule has 0 saturated carbocycles. The molecule has 3 N–H and O–H groups in total. The van der Waals surface area contributed by atoms with Crippen LogP contribution in [0, 0.1) is 0 Å². The van der Waals surface area contributed by atoms with Crippen molar-refractivity contribution in [2.45, 2.75) is 6.92 Å². The minimum absolute atomic E-state index is 0.0758. The van der Waals surface area contributed by atoms with Gasteiger partial charge < -0.3 is 15.5 Å². The molecule has 0 fully saturated rings. The Morgan fingerprint density at radius 2 is 1.82 bits per heavy atom. The Bertz CT molecular complexity index is 228. The molecule has 3 nitrogen and oxygen atoms in total. The van der Waals surface area contributed by atoms with Gasteiger partial charge in [-0.2, -0.15) is 0 Å². The summed E-state index contributed by atoms with van der Waals surface area (Å²) < 4.78 is 0. The fraction of sp³-hybridized carbons (Fsp3) is 0.250. The maximum Gasteiger partial charge on any atom is 0.142 e. The lowest BCUT2D eigenvalue weighted by Crippen LogP contribution is -1.96. The van der Waals surface area contributed by atoms with Crippen molar-refractivity contribution in [3.05, 3.63) is 18.2 Å². The molecule has 60 valence electrons. The fourth-order valence-corrected chi connectivity index (χ4v) is 0.886. The Balaban J connectivity index is 3.00. The number of hydrogen-bond acceptors (Lipinski definition) is 3. The van der Waals surface area contributed by atoms with Crippen molar-refractivity contribution in [1.29, 1.82) is 0 Å². The number of benzene rings is 1. The van der Waals surface area contributed by atoms with Crippen LogP contribution in [0.4, 0.5) is 5.69 Å². The third-order valence-corrected chi connectivity index (χ3v) is 1.37. The summed E-state index contributed by atoms with van der Waals surface area (Å²) in [4.78, 5) is 0. The lowest BCUT2D eigenvalue weighted by Gasteiger charge is -2.06. The molecule has 1 aromatic carbocycles. The van der Waals surface area contributed by atoms with Crippen LogP contribution in [-0.4, -0.2) is 16.8 Å². The zero-order chi connectivity index (χ0) is 8.27. The molecule has 0 aliphatic carbocycles. The zero-order valence-corrected chi connectivity index (χ0v) is 6.33. The first-order valence-electron chi connectivity index (χ1n) is 3.50. The molecule has 0 heterocycles. The molecule has 0 saturated heterocycles. The maximum absolute atomic E-state index is 9.20. The minimum atomic E-state index is 0.0758. The molecule has 1 aromatic rings. The van der Waals surface area contributed by atoms with Gasteiger partial charge >= 0.3 is 0 Å². The van der Waals surface area contributed by atoms with Crippen LogP contribution in [0.2, 0.25) is 0 Å². The van der Waals surface area contributed by atoms with Gasteiger partial charge in [0.1, 0.15) is 17.2 Å². The highest BCUT2D eigenvalue weighted by molar-refractivity contribution is 5.64. The summed E-state index contributed by atoms with van der Waals surface area (Å²) in [5.41, 5.74) is 0.398. The molecular formula is C8H11NO2. The van der Waals surface area contributed by atoms with Crippen LogP contribution in [0.1, 0.15) is 6.92 Å². The van der Waals surface area contributed by atoms with Gasteiger partial charge in [0.2, 0.25) is 0 Å². The number of rotatable bonds is 2. The Labute approximate surface area is 65.3 Å². The standard InChI is InChI=1S/C8H11NO2/c1-2-9-8-6(10)4-3-5-7(8)11/h3-5,9-11H,2H2,1H3. The van der Waals surface area contributed by atoms with Crippen LogP contribution in [0.15, 0.2) is 18.2 Å². The highest BCUT2D eigenvalue weighted by Crippen LogP contribution is 2.31. The van der Waals surface area contributed by atoms with Crippen LogP contribution < -0.4 is 5.32 Å². The van der Waals surface area contributed by atoms with Gasteiger partial charge in [0, 0.05) is 6.54 Å². The summed E-state index contributed by atoms with van der Waals surface area (Å²) in [6, 6.07) is 4.64. The van der Waals surface area contributed by atoms with E-state index in [4.69, 9.17) is 0 Å². The Hall–Kier alpha value is -1.38. The highest BCUT2D eigenvalue weighted by atomic mass is 16.3. The van der Waals surface area contributed by atoms with Crippen LogP contribution in [0.5, 0.6) is 11.5 Å². The Morgan fingerprint density at radius 3 is 2.27 bits per heavy atom. The van der Waals surface area contributed by atoms with E-state index in [0.29, 0.717) is 12.2 Å². The number of anilines is 1. The molecule has 0 spiro atoms. The molecule has 3 heteroatoms. The average molecular weight is 153 g/mol. The average Bonchev–Trinajstić information content (AvgIpc) is 1.97. The minimum Gasteiger partial charge on any atom is -0.506 e. The monoisotopic (exact) mass is 153 g/mol. The van der Waals surface area contributed by atoms with Crippen molar-refractivity contribution in [3.63, 3.8) is 0 Å². The van der Waals surface area contributed by atoms with Crippen molar-refractivity contribution in [2.75, 3.05) is 11.9 Å². The number of nitrogens with one attached hydrogen (secondary N) is 1. The van der Waals surface area contributed by atoms with E-state index in [2.05, 4.69) is 5.32 Å². The number of phenols is 2. The number of hydrogen-bond donors (Lipinski definition) is 3. The van der Waals surface area contributed by atoms with Crippen LogP contribution in [0.25, 0.3) is 0 Å². The van der Waals surface area contributed by atoms with Gasteiger partial charge in [-0.1, -0.05) is 6.07 Å². The Morgan fingerprint density at radius 1 is 1.27 bits per heavy atom. The van der Waals surface area contributed by atoms with Gasteiger partial charge in [0.05, 0.1) is 0 Å². The smallest absolute Gasteiger partial charge is 0.142 e. The van der Waals surface area contributed by atoms with E-state index in [1.165, 1.54) is 12.1 Å². The van der Waals surface area contributed by atoms with Crippen LogP contribution >= 0.6 is 0 Å². The predicted molar refractivity (Wildman–Crippen MR) is 43.9 cm³/mol. The summed E-state index contributed by atoms with van der Waals surface area (Å²) in [5.74, 6) is 0.152. The van der Waals surface area contributed by atoms with Crippen molar-refractivity contribution >= 4 is 5.69 Å². The normalized spacial score (nSPS) is 9.55. The second-order valence-corrected chi connectivity index (χ2v) is 2.20. The summed E-state index contributed by atoms with van der Waals surface area (Å²) in [7, 11) is 0. The summed E-state index contributed by atoms with van der Waals surface area (Å²) in [6.07, 6.45) is 0. The Kier molecular flexibility index (Phi) is 2.21. The van der Waals surface area contributed by atoms with Crippen molar-refractivity contribution in [1.82, 2.24) is 0 Å². The lowest BCUT2D eigenvalue weighted by molar-refractivity contribution is 0.454. The molecule has 0 radical (unpaired) electrons. The number of phenolic OH excluding ortho intramolecular Hbond substituents is 2. The second-order valence-electron chi connectivity index (χ2n) is 2.20. The molecule has 0 bridgehead atoms. The molecule has 0 aliphatic rings. The van der Waals surface area contributed by atoms with Crippen LogP contribution in [0.3, 0.4) is 0 Å². The largest absolute Gasteiger partial charge is 0.506 e. The highest BCUT2D eigenvalue weighted by Gasteiger charge is 2.03. The third-order valence-electron chi connectivity index (χ3n) is 1.37. The fourth-order valence-electron chi connectivity index (χ4n) is 0.886. The van der Waals surface area contributed by atoms with Crippen molar-refractivity contribution in [3.8, 4) is 11.5 Å². The lowest BCUT2D eigenvalue weighted by atomic mass is 10.2. The van der Waals surface area contributed by atoms with E-state index < -0.39 is 0 Å². The first-order chi connectivity index (χ1) is 5.25. The zero-order valence-electron chi connectivity index (χ0n) is 6.33. The van der Waals surface area contributed by atoms with E-state index in [9.17, 15) is 10.2 Å². The van der Waals surface area contributed by atoms with Gasteiger partial charge in [0.25, 0.3) is 0 Å². The van der Waals surface area contributed by atoms with Crippen molar-refractivity contribution in [2.24, 2.45) is 0 Å². The molecule has 0 aromatic heterocycles. The summed E-state index contributed by atoms with van der Waals surface area (Å²) in [5, 5.41) is 21.2. The van der Waals surface area contributed by atoms with E-state index in [0.717, 1.165) is 0 Å². The van der Waals surface area contributed by atoms with E-state index in [1.54, 1.807) is 6.07 Å². The summed E-state index contributed by atoms with van der Waals surface area (Å²) in [6.45, 7) is 2.57. The molecule has 0 unspecified atom stereocenters. The van der Waals surface area contributed by atoms with E-state index >= 15 is 0 Å². The van der Waals surface area contributed by atoms with Gasteiger partial charge in [-0.3, -0.25) is 0 Å². The van der Waals surface area contributed by atoms with Gasteiger partial charge in [-0.05, 0) is 19.1 Å². The summed E-state index contributed by atoms with van der Waals surface area (Å²) >= 11 is 0. The second kappa shape index (κ2) is 3.14. The maximum atomic E-state index is 9.20. The van der Waals surface area contributed by atoms with E-state index in [-0.39, 0.29) is 11.5 Å². The van der Waals surface area contributed by atoms with Gasteiger partial charge in [-0.15, -0.1) is 0 Å². The quantitative estimate of drug-likeness (QED) is 0.565. The first-order valence-corrected chi connectivity index (χ1v) is 3.50. The number of aromatic hydroxyl groups is 2. The molecule has 1 rings (SSSR count). The van der Waals surface area contributed by atoms with Crippen LogP contribution in [-0.2, 0) is 0 Å². The molecular weight excluding hydrogens is 142 g/mol. The van der Waals surface area contributed by atoms with Gasteiger partial charge in [0.15, 0.2) is 0 Å². The molecule has 0 aliphatic heterocycles. The molecule has 0 amide bonds. The molecule has 0 atom stereocenters. The predicted octanol–water partition coefficient (Wildman–Crippen LogP) is 1.53. The number of para-hydroxylation sites is 1. The topological polar surface area (TPSA) is 52.5 Å². The van der Waals surface area contributed by atoms with E-state index in [1.807, 2.05) is 6.92 Å².